The molecule has 0 aliphatic rings. The highest BCUT2D eigenvalue weighted by Crippen LogP contribution is 2.38. The fraction of sp³-hybridized carbons (Fsp3) is 0.357. The molecule has 0 fully saturated rings. The van der Waals surface area contributed by atoms with Gasteiger partial charge >= 0.3 is 0 Å². The third-order valence-electron chi connectivity index (χ3n) is 3.12. The quantitative estimate of drug-likeness (QED) is 0.911. The lowest BCUT2D eigenvalue weighted by Crippen LogP contribution is -2.04. The van der Waals surface area contributed by atoms with Crippen LogP contribution in [0.2, 0.25) is 0 Å². The summed E-state index contributed by atoms with van der Waals surface area (Å²) >= 11 is 3.54. The topological polar surface area (TPSA) is 48.1 Å². The van der Waals surface area contributed by atoms with Crippen molar-refractivity contribution in [1.29, 1.82) is 0 Å². The highest BCUT2D eigenvalue weighted by Gasteiger charge is 2.17. The van der Waals surface area contributed by atoms with Crippen LogP contribution in [0.15, 0.2) is 16.6 Å². The number of nitrogens with two attached hydrogens (primary N) is 1. The molecule has 1 heterocycles. The van der Waals surface area contributed by atoms with Gasteiger partial charge in [-0.25, -0.2) is 4.98 Å². The molecule has 18 heavy (non-hydrogen) atoms. The van der Waals surface area contributed by atoms with Gasteiger partial charge in [0.1, 0.15) is 11.3 Å². The second kappa shape index (κ2) is 4.76. The molecule has 0 saturated heterocycles. The number of nitrogens with zero attached hydrogens (tertiary/aromatic N) is 1. The van der Waals surface area contributed by atoms with E-state index in [1.54, 1.807) is 7.11 Å². The largest absolute Gasteiger partial charge is 0.494 e. The zero-order valence-electron chi connectivity index (χ0n) is 11.0. The first-order chi connectivity index (χ1) is 8.47. The maximum atomic E-state index is 6.32. The number of nitrogen functional groups attached to an aromatic ring is 1. The molecule has 0 unspecified atom stereocenters. The number of halogens is 1. The minimum atomic E-state index is 0.347. The zero-order chi connectivity index (χ0) is 13.4. The lowest BCUT2D eigenvalue weighted by atomic mass is 9.97. The maximum Gasteiger partial charge on any atom is 0.145 e. The molecule has 3 nitrogen and oxygen atoms in total. The second-order valence-corrected chi connectivity index (χ2v) is 5.51. The van der Waals surface area contributed by atoms with E-state index in [9.17, 15) is 0 Å². The number of fused-ring (bicyclic) bond motifs is 1. The van der Waals surface area contributed by atoms with Crippen molar-refractivity contribution in [3.05, 3.63) is 27.9 Å². The summed E-state index contributed by atoms with van der Waals surface area (Å²) < 4.78 is 6.30. The molecule has 0 amide bonds. The Kier molecular flexibility index (Phi) is 3.48. The van der Waals surface area contributed by atoms with E-state index in [1.807, 2.05) is 19.1 Å². The van der Waals surface area contributed by atoms with Gasteiger partial charge in [-0.15, -0.1) is 0 Å². The van der Waals surface area contributed by atoms with E-state index >= 15 is 0 Å². The first-order valence-corrected chi connectivity index (χ1v) is 6.68. The Labute approximate surface area is 115 Å². The first kappa shape index (κ1) is 13.1. The van der Waals surface area contributed by atoms with Crippen LogP contribution in [0.5, 0.6) is 5.75 Å². The summed E-state index contributed by atoms with van der Waals surface area (Å²) in [6.45, 7) is 6.24. The summed E-state index contributed by atoms with van der Waals surface area (Å²) in [6, 6.07) is 3.84. The van der Waals surface area contributed by atoms with Crippen molar-refractivity contribution in [3.63, 3.8) is 0 Å². The predicted molar refractivity (Wildman–Crippen MR) is 79.2 cm³/mol. The molecule has 0 bridgehead atoms. The van der Waals surface area contributed by atoms with E-state index in [2.05, 4.69) is 34.8 Å². The molecule has 2 N–H and O–H groups in total. The van der Waals surface area contributed by atoms with Gasteiger partial charge in [0.2, 0.25) is 0 Å². The molecule has 0 spiro atoms. The molecule has 2 rings (SSSR count). The minimum absolute atomic E-state index is 0.347. The lowest BCUT2D eigenvalue weighted by molar-refractivity contribution is 0.418. The Morgan fingerprint density at radius 1 is 1.33 bits per heavy atom. The van der Waals surface area contributed by atoms with Gasteiger partial charge in [-0.2, -0.15) is 0 Å². The number of methoxy groups -OCH3 is 1. The number of aryl methyl sites for hydroxylation is 1. The highest BCUT2D eigenvalue weighted by atomic mass is 79.9. The smallest absolute Gasteiger partial charge is 0.145 e. The Balaban J connectivity index is 2.94. The minimum Gasteiger partial charge on any atom is -0.494 e. The van der Waals surface area contributed by atoms with Crippen molar-refractivity contribution in [1.82, 2.24) is 4.98 Å². The third kappa shape index (κ3) is 1.94. The molecule has 1 aromatic heterocycles. The normalized spacial score (nSPS) is 11.2. The SMILES string of the molecule is COc1ccc(Br)c2c(N)c(C(C)C)c(C)nc12. The van der Waals surface area contributed by atoms with Crippen LogP contribution in [-0.2, 0) is 0 Å². The zero-order valence-corrected chi connectivity index (χ0v) is 12.6. The number of pyridine rings is 1. The average Bonchev–Trinajstić information content (AvgIpc) is 2.28. The molecule has 0 aliphatic carbocycles. The molecule has 1 aromatic carbocycles. The summed E-state index contributed by atoms with van der Waals surface area (Å²) in [6.07, 6.45) is 0. The second-order valence-electron chi connectivity index (χ2n) is 4.65. The van der Waals surface area contributed by atoms with Crippen molar-refractivity contribution in [3.8, 4) is 5.75 Å². The lowest BCUT2D eigenvalue weighted by Gasteiger charge is -2.17. The van der Waals surface area contributed by atoms with Crippen LogP contribution in [0.4, 0.5) is 5.69 Å². The molecule has 0 aliphatic heterocycles. The van der Waals surface area contributed by atoms with E-state index in [-0.39, 0.29) is 0 Å². The van der Waals surface area contributed by atoms with Crippen LogP contribution in [0.3, 0.4) is 0 Å². The van der Waals surface area contributed by atoms with Crippen LogP contribution in [0.1, 0.15) is 31.0 Å². The van der Waals surface area contributed by atoms with Crippen molar-refractivity contribution < 1.29 is 4.74 Å². The summed E-state index contributed by atoms with van der Waals surface area (Å²) in [4.78, 5) is 4.65. The van der Waals surface area contributed by atoms with Crippen LogP contribution >= 0.6 is 15.9 Å². The standard InChI is InChI=1S/C14H17BrN2O/c1-7(2)11-8(3)17-14-10(18-4)6-5-9(15)12(14)13(11)16/h5-7H,1-4H3,(H2,16,17). The van der Waals surface area contributed by atoms with Gasteiger partial charge in [0.25, 0.3) is 0 Å². The summed E-state index contributed by atoms with van der Waals surface area (Å²) in [5.74, 6) is 1.10. The van der Waals surface area contributed by atoms with Gasteiger partial charge in [0, 0.05) is 21.2 Å². The molecular weight excluding hydrogens is 292 g/mol. The van der Waals surface area contributed by atoms with Crippen LogP contribution < -0.4 is 10.5 Å². The number of benzene rings is 1. The van der Waals surface area contributed by atoms with E-state index in [1.165, 1.54) is 0 Å². The van der Waals surface area contributed by atoms with Gasteiger partial charge in [-0.3, -0.25) is 0 Å². The number of hydrogen-bond donors (Lipinski definition) is 1. The number of ether oxygens (including phenoxy) is 1. The fourth-order valence-corrected chi connectivity index (χ4v) is 2.90. The van der Waals surface area contributed by atoms with Crippen molar-refractivity contribution in [2.75, 3.05) is 12.8 Å². The number of rotatable bonds is 2. The van der Waals surface area contributed by atoms with E-state index in [0.29, 0.717) is 5.92 Å². The molecule has 0 radical (unpaired) electrons. The number of aromatic nitrogens is 1. The molecule has 0 atom stereocenters. The molecule has 0 saturated carbocycles. The Bertz CT molecular complexity index is 609. The first-order valence-electron chi connectivity index (χ1n) is 5.89. The molecule has 96 valence electrons. The number of anilines is 1. The molecular formula is C14H17BrN2O. The van der Waals surface area contributed by atoms with E-state index < -0.39 is 0 Å². The fourth-order valence-electron chi connectivity index (χ4n) is 2.37. The van der Waals surface area contributed by atoms with Gasteiger partial charge in [0.15, 0.2) is 0 Å². The highest BCUT2D eigenvalue weighted by molar-refractivity contribution is 9.10. The average molecular weight is 309 g/mol. The van der Waals surface area contributed by atoms with E-state index in [4.69, 9.17) is 10.5 Å². The Morgan fingerprint density at radius 3 is 2.56 bits per heavy atom. The monoisotopic (exact) mass is 308 g/mol. The Morgan fingerprint density at radius 2 is 2.00 bits per heavy atom. The van der Waals surface area contributed by atoms with Crippen LogP contribution in [0.25, 0.3) is 10.9 Å². The summed E-state index contributed by atoms with van der Waals surface area (Å²) in [7, 11) is 1.65. The van der Waals surface area contributed by atoms with Gasteiger partial charge in [-0.05, 0) is 30.5 Å². The molecule has 2 aromatic rings. The molecule has 4 heteroatoms. The van der Waals surface area contributed by atoms with Crippen LogP contribution in [-0.4, -0.2) is 12.1 Å². The van der Waals surface area contributed by atoms with Crippen molar-refractivity contribution >= 4 is 32.5 Å². The summed E-state index contributed by atoms with van der Waals surface area (Å²) in [5, 5.41) is 0.934. The van der Waals surface area contributed by atoms with Gasteiger partial charge in [0.05, 0.1) is 7.11 Å². The third-order valence-corrected chi connectivity index (χ3v) is 3.78. The Hall–Kier alpha value is -1.29. The summed E-state index contributed by atoms with van der Waals surface area (Å²) in [5.41, 5.74) is 9.99. The number of hydrogen-bond acceptors (Lipinski definition) is 3. The predicted octanol–water partition coefficient (Wildman–Crippen LogP) is 4.02. The maximum absolute atomic E-state index is 6.32. The van der Waals surface area contributed by atoms with Crippen molar-refractivity contribution in [2.24, 2.45) is 0 Å². The van der Waals surface area contributed by atoms with Gasteiger partial charge < -0.3 is 10.5 Å². The van der Waals surface area contributed by atoms with Crippen LogP contribution in [0, 0.1) is 6.92 Å². The van der Waals surface area contributed by atoms with E-state index in [0.717, 1.165) is 38.1 Å². The van der Waals surface area contributed by atoms with Gasteiger partial charge in [-0.1, -0.05) is 29.8 Å². The van der Waals surface area contributed by atoms with Crippen molar-refractivity contribution in [2.45, 2.75) is 26.7 Å².